The van der Waals surface area contributed by atoms with Gasteiger partial charge >= 0.3 is 0 Å². The average Bonchev–Trinajstić information content (AvgIpc) is 3.44. The lowest BCUT2D eigenvalue weighted by molar-refractivity contribution is -0.113. The van der Waals surface area contributed by atoms with Gasteiger partial charge in [-0.1, -0.05) is 37.3 Å². The number of hydrogen-bond acceptors (Lipinski definition) is 4. The molecule has 186 valence electrons. The second kappa shape index (κ2) is 8.92. The Labute approximate surface area is 208 Å². The SMILES string of the molecule is C[C@@H]1C[C@@H]1c1ccc2c(c1)c(C1=CC=CCC1=O)c(C(=O)CS(C)(=O)=O)n2Cc1ccc(F)cc1F. The van der Waals surface area contributed by atoms with Crippen LogP contribution in [-0.4, -0.2) is 36.6 Å². The molecule has 2 atom stereocenters. The molecule has 2 aliphatic rings. The first-order chi connectivity index (χ1) is 17.0. The lowest BCUT2D eigenvalue weighted by Gasteiger charge is -2.14. The summed E-state index contributed by atoms with van der Waals surface area (Å²) in [6.07, 6.45) is 7.24. The van der Waals surface area contributed by atoms with Gasteiger partial charge in [-0.05, 0) is 42.0 Å². The Hall–Kier alpha value is -3.39. The van der Waals surface area contributed by atoms with Gasteiger partial charge in [-0.15, -0.1) is 0 Å². The molecule has 8 heteroatoms. The number of benzene rings is 2. The van der Waals surface area contributed by atoms with Crippen molar-refractivity contribution in [3.63, 3.8) is 0 Å². The monoisotopic (exact) mass is 509 g/mol. The zero-order chi connectivity index (χ0) is 25.8. The fraction of sp³-hybridized carbons (Fsp3) is 0.286. The third-order valence-electron chi connectivity index (χ3n) is 6.90. The van der Waals surface area contributed by atoms with E-state index in [0.717, 1.165) is 30.4 Å². The summed E-state index contributed by atoms with van der Waals surface area (Å²) in [5, 5.41) is 0.640. The van der Waals surface area contributed by atoms with Gasteiger partial charge in [0.25, 0.3) is 0 Å². The zero-order valence-electron chi connectivity index (χ0n) is 19.9. The van der Waals surface area contributed by atoms with Gasteiger partial charge in [-0.25, -0.2) is 17.2 Å². The summed E-state index contributed by atoms with van der Waals surface area (Å²) in [5.74, 6) is -2.25. The fourth-order valence-corrected chi connectivity index (χ4v) is 5.62. The van der Waals surface area contributed by atoms with Crippen LogP contribution in [-0.2, 0) is 21.2 Å². The third kappa shape index (κ3) is 4.57. The highest BCUT2D eigenvalue weighted by molar-refractivity contribution is 7.91. The van der Waals surface area contributed by atoms with Gasteiger partial charge in [0.2, 0.25) is 0 Å². The third-order valence-corrected chi connectivity index (χ3v) is 7.68. The molecule has 0 unspecified atom stereocenters. The van der Waals surface area contributed by atoms with E-state index in [4.69, 9.17) is 0 Å². The van der Waals surface area contributed by atoms with Crippen molar-refractivity contribution in [3.05, 3.63) is 88.6 Å². The van der Waals surface area contributed by atoms with Gasteiger partial charge in [0, 0.05) is 46.3 Å². The summed E-state index contributed by atoms with van der Waals surface area (Å²) in [5.41, 5.74) is 2.50. The summed E-state index contributed by atoms with van der Waals surface area (Å²) < 4.78 is 54.0. The first-order valence-corrected chi connectivity index (χ1v) is 13.8. The number of carbonyl (C=O) groups is 2. The van der Waals surface area contributed by atoms with Crippen molar-refractivity contribution in [3.8, 4) is 0 Å². The van der Waals surface area contributed by atoms with E-state index in [0.29, 0.717) is 33.9 Å². The molecule has 2 aliphatic carbocycles. The second-order valence-electron chi connectivity index (χ2n) is 9.77. The van der Waals surface area contributed by atoms with Crippen LogP contribution in [0.1, 0.15) is 52.9 Å². The van der Waals surface area contributed by atoms with Crippen LogP contribution in [0.5, 0.6) is 0 Å². The number of halogens is 2. The number of carbonyl (C=O) groups excluding carboxylic acids is 2. The standard InChI is InChI=1S/C28H25F2NO4S/c1-16-11-21(16)17-8-10-24-22(12-17)27(20-5-3-4-6-25(20)32)28(26(33)15-36(2,34)35)31(24)14-18-7-9-19(29)13-23(18)30/h3-5,7-10,12-13,16,21H,6,11,14-15H2,1-2H3/t16-,21+/m1/s1. The number of ketones is 2. The molecule has 0 amide bonds. The first-order valence-electron chi connectivity index (χ1n) is 11.7. The maximum absolute atomic E-state index is 14.7. The molecule has 0 N–H and O–H groups in total. The molecule has 0 saturated heterocycles. The maximum atomic E-state index is 14.7. The summed E-state index contributed by atoms with van der Waals surface area (Å²) in [6.45, 7) is 2.02. The number of hydrogen-bond donors (Lipinski definition) is 0. The van der Waals surface area contributed by atoms with Crippen LogP contribution in [0, 0.1) is 17.6 Å². The van der Waals surface area contributed by atoms with Gasteiger partial charge in [0.05, 0.1) is 12.2 Å². The van der Waals surface area contributed by atoms with Crippen LogP contribution in [0.15, 0.2) is 54.6 Å². The number of nitrogens with zero attached hydrogens (tertiary/aromatic N) is 1. The molecule has 1 fully saturated rings. The van der Waals surface area contributed by atoms with Crippen LogP contribution in [0.2, 0.25) is 0 Å². The predicted octanol–water partition coefficient (Wildman–Crippen LogP) is 5.23. The number of sulfone groups is 1. The van der Waals surface area contributed by atoms with E-state index in [2.05, 4.69) is 6.92 Å². The van der Waals surface area contributed by atoms with Gasteiger partial charge in [-0.3, -0.25) is 9.59 Å². The van der Waals surface area contributed by atoms with Crippen LogP contribution in [0.25, 0.3) is 16.5 Å². The zero-order valence-corrected chi connectivity index (χ0v) is 20.7. The predicted molar refractivity (Wildman–Crippen MR) is 135 cm³/mol. The minimum atomic E-state index is -3.70. The van der Waals surface area contributed by atoms with E-state index in [1.54, 1.807) is 22.8 Å². The highest BCUT2D eigenvalue weighted by Gasteiger charge is 2.35. The first kappa shape index (κ1) is 24.3. The molecule has 0 radical (unpaired) electrons. The Bertz CT molecular complexity index is 1600. The Balaban J connectivity index is 1.81. The number of allylic oxidation sites excluding steroid dienone is 4. The van der Waals surface area contributed by atoms with Crippen LogP contribution in [0.3, 0.4) is 0 Å². The molecular formula is C28H25F2NO4S. The fourth-order valence-electron chi connectivity index (χ4n) is 5.01. The maximum Gasteiger partial charge on any atom is 0.194 e. The largest absolute Gasteiger partial charge is 0.333 e. The highest BCUT2D eigenvalue weighted by atomic mass is 32.2. The molecule has 1 heterocycles. The normalized spacial score (nSPS) is 19.6. The summed E-state index contributed by atoms with van der Waals surface area (Å²) in [4.78, 5) is 26.5. The topological polar surface area (TPSA) is 73.2 Å². The van der Waals surface area contributed by atoms with Gasteiger partial charge in [0.15, 0.2) is 21.4 Å². The van der Waals surface area contributed by atoms with Crippen molar-refractivity contribution >= 4 is 37.9 Å². The summed E-state index contributed by atoms with van der Waals surface area (Å²) >= 11 is 0. The van der Waals surface area contributed by atoms with Gasteiger partial charge in [0.1, 0.15) is 17.4 Å². The molecule has 0 aliphatic heterocycles. The number of aromatic nitrogens is 1. The molecule has 36 heavy (non-hydrogen) atoms. The molecule has 3 aromatic rings. The molecule has 1 saturated carbocycles. The molecule has 0 bridgehead atoms. The van der Waals surface area contributed by atoms with Crippen molar-refractivity contribution in [2.45, 2.75) is 32.2 Å². The van der Waals surface area contributed by atoms with Crippen molar-refractivity contribution in [1.29, 1.82) is 0 Å². The van der Waals surface area contributed by atoms with E-state index in [-0.39, 0.29) is 30.0 Å². The van der Waals surface area contributed by atoms with Crippen molar-refractivity contribution in [1.82, 2.24) is 4.57 Å². The van der Waals surface area contributed by atoms with Gasteiger partial charge in [-0.2, -0.15) is 0 Å². The van der Waals surface area contributed by atoms with E-state index in [1.165, 1.54) is 6.07 Å². The highest BCUT2D eigenvalue weighted by Crippen LogP contribution is 2.48. The minimum Gasteiger partial charge on any atom is -0.333 e. The van der Waals surface area contributed by atoms with E-state index >= 15 is 0 Å². The smallest absolute Gasteiger partial charge is 0.194 e. The van der Waals surface area contributed by atoms with Crippen LogP contribution >= 0.6 is 0 Å². The molecule has 1 aromatic heterocycles. The van der Waals surface area contributed by atoms with Gasteiger partial charge < -0.3 is 4.57 Å². The molecule has 0 spiro atoms. The Kier molecular flexibility index (Phi) is 6.03. The van der Waals surface area contributed by atoms with Crippen LogP contribution < -0.4 is 0 Å². The number of fused-ring (bicyclic) bond motifs is 1. The molecule has 5 nitrogen and oxygen atoms in total. The van der Waals surface area contributed by atoms with Crippen molar-refractivity contribution in [2.75, 3.05) is 12.0 Å². The second-order valence-corrected chi connectivity index (χ2v) is 11.9. The van der Waals surface area contributed by atoms with Crippen molar-refractivity contribution in [2.24, 2.45) is 5.92 Å². The lowest BCUT2D eigenvalue weighted by Crippen LogP contribution is -2.21. The number of Topliss-reactive ketones (excluding diaryl/α,β-unsaturated/α-hetero) is 2. The minimum absolute atomic E-state index is 0.0371. The lowest BCUT2D eigenvalue weighted by atomic mass is 9.92. The molecule has 2 aromatic carbocycles. The van der Waals surface area contributed by atoms with Crippen molar-refractivity contribution < 1.29 is 26.8 Å². The Morgan fingerprint density at radius 1 is 1.14 bits per heavy atom. The van der Waals surface area contributed by atoms with E-state index in [1.807, 2.05) is 18.2 Å². The van der Waals surface area contributed by atoms with E-state index < -0.39 is 33.0 Å². The number of rotatable bonds is 7. The Morgan fingerprint density at radius 2 is 1.89 bits per heavy atom. The summed E-state index contributed by atoms with van der Waals surface area (Å²) in [7, 11) is -3.70. The van der Waals surface area contributed by atoms with E-state index in [9.17, 15) is 26.8 Å². The average molecular weight is 510 g/mol. The summed E-state index contributed by atoms with van der Waals surface area (Å²) in [6, 6.07) is 8.95. The molecule has 5 rings (SSSR count). The molecular weight excluding hydrogens is 484 g/mol. The Morgan fingerprint density at radius 3 is 2.53 bits per heavy atom. The quantitative estimate of drug-likeness (QED) is 0.409. The van der Waals surface area contributed by atoms with Crippen LogP contribution in [0.4, 0.5) is 8.78 Å².